The Labute approximate surface area is 151 Å². The summed E-state index contributed by atoms with van der Waals surface area (Å²) in [4.78, 5) is 24.4. The molecule has 0 saturated carbocycles. The molecule has 3 saturated heterocycles. The summed E-state index contributed by atoms with van der Waals surface area (Å²) in [5.41, 5.74) is 0.321. The molecule has 4 aliphatic heterocycles. The minimum atomic E-state index is -1.08. The first-order valence-electron chi connectivity index (χ1n) is 9.09. The van der Waals surface area contributed by atoms with Gasteiger partial charge < -0.3 is 24.1 Å². The zero-order valence-corrected chi connectivity index (χ0v) is 15.0. The van der Waals surface area contributed by atoms with E-state index in [2.05, 4.69) is 6.58 Å². The van der Waals surface area contributed by atoms with Gasteiger partial charge in [0.15, 0.2) is 6.29 Å². The average Bonchev–Trinajstić information content (AvgIpc) is 3.20. The molecule has 2 bridgehead atoms. The van der Waals surface area contributed by atoms with E-state index in [9.17, 15) is 14.7 Å². The van der Waals surface area contributed by atoms with Crippen LogP contribution in [0.4, 0.5) is 0 Å². The smallest absolute Gasteiger partial charge is 0.334 e. The minimum absolute atomic E-state index is 0.135. The molecule has 1 aliphatic carbocycles. The van der Waals surface area contributed by atoms with Crippen molar-refractivity contribution in [2.45, 2.75) is 63.3 Å². The van der Waals surface area contributed by atoms with Crippen molar-refractivity contribution in [3.8, 4) is 0 Å². The van der Waals surface area contributed by atoms with Gasteiger partial charge in [-0.15, -0.1) is 0 Å². The molecule has 7 heteroatoms. The van der Waals surface area contributed by atoms with Gasteiger partial charge in [0.2, 0.25) is 0 Å². The number of epoxide rings is 1. The van der Waals surface area contributed by atoms with E-state index in [4.69, 9.17) is 18.9 Å². The van der Waals surface area contributed by atoms with Crippen LogP contribution in [0, 0.1) is 11.8 Å². The van der Waals surface area contributed by atoms with Crippen LogP contribution < -0.4 is 0 Å². The molecule has 1 N–H and O–H groups in total. The maximum absolute atomic E-state index is 12.2. The number of ether oxygens (including phenoxy) is 4. The van der Waals surface area contributed by atoms with Gasteiger partial charge in [-0.1, -0.05) is 20.4 Å². The zero-order valence-electron chi connectivity index (χ0n) is 15.0. The predicted molar refractivity (Wildman–Crippen MR) is 88.7 cm³/mol. The van der Waals surface area contributed by atoms with E-state index in [0.29, 0.717) is 6.42 Å². The maximum Gasteiger partial charge on any atom is 0.334 e. The van der Waals surface area contributed by atoms with E-state index in [1.807, 2.05) is 6.08 Å². The van der Waals surface area contributed by atoms with Crippen molar-refractivity contribution in [3.63, 3.8) is 0 Å². The second kappa shape index (κ2) is 6.18. The highest BCUT2D eigenvalue weighted by Crippen LogP contribution is 2.52. The molecular formula is C19H24O7. The fourth-order valence-electron chi connectivity index (χ4n) is 4.13. The molecule has 0 aromatic heterocycles. The fourth-order valence-corrected chi connectivity index (χ4v) is 4.13. The second-order valence-corrected chi connectivity index (χ2v) is 7.84. The first kappa shape index (κ1) is 17.7. The summed E-state index contributed by atoms with van der Waals surface area (Å²) in [5.74, 6) is -1.63. The normalized spacial score (nSPS) is 43.7. The van der Waals surface area contributed by atoms with E-state index in [1.54, 1.807) is 13.8 Å². The summed E-state index contributed by atoms with van der Waals surface area (Å²) in [6.45, 7) is 7.62. The van der Waals surface area contributed by atoms with Gasteiger partial charge in [0.05, 0.1) is 24.5 Å². The highest BCUT2D eigenvalue weighted by molar-refractivity contribution is 5.91. The Bertz CT molecular complexity index is 681. The van der Waals surface area contributed by atoms with Crippen molar-refractivity contribution in [3.05, 3.63) is 23.8 Å². The highest BCUT2D eigenvalue weighted by Gasteiger charge is 2.65. The van der Waals surface area contributed by atoms with E-state index < -0.39 is 36.0 Å². The number of aliphatic hydroxyl groups is 1. The van der Waals surface area contributed by atoms with Gasteiger partial charge in [-0.05, 0) is 24.5 Å². The molecule has 6 atom stereocenters. The van der Waals surface area contributed by atoms with E-state index in [-0.39, 0.29) is 36.6 Å². The molecule has 3 fully saturated rings. The third-order valence-electron chi connectivity index (χ3n) is 5.74. The van der Waals surface area contributed by atoms with Crippen molar-refractivity contribution >= 4 is 11.9 Å². The maximum atomic E-state index is 12.2. The molecule has 4 heterocycles. The first-order chi connectivity index (χ1) is 12.3. The number of rotatable bonds is 2. The molecule has 7 nitrogen and oxygen atoms in total. The molecule has 1 spiro atoms. The van der Waals surface area contributed by atoms with E-state index in [1.165, 1.54) is 0 Å². The fraction of sp³-hybridized carbons (Fsp3) is 0.684. The summed E-state index contributed by atoms with van der Waals surface area (Å²) in [5, 5.41) is 10.5. The van der Waals surface area contributed by atoms with Gasteiger partial charge in [0.1, 0.15) is 17.8 Å². The molecule has 26 heavy (non-hydrogen) atoms. The second-order valence-electron chi connectivity index (χ2n) is 7.84. The van der Waals surface area contributed by atoms with Crippen LogP contribution in [0.2, 0.25) is 0 Å². The summed E-state index contributed by atoms with van der Waals surface area (Å²) in [6.07, 6.45) is 1.11. The Morgan fingerprint density at radius 3 is 2.96 bits per heavy atom. The van der Waals surface area contributed by atoms with Gasteiger partial charge in [-0.2, -0.15) is 0 Å². The van der Waals surface area contributed by atoms with E-state index >= 15 is 0 Å². The van der Waals surface area contributed by atoms with Crippen LogP contribution in [-0.4, -0.2) is 53.9 Å². The molecule has 0 radical (unpaired) electrons. The van der Waals surface area contributed by atoms with Crippen molar-refractivity contribution in [1.29, 1.82) is 0 Å². The number of fused-ring (bicyclic) bond motifs is 4. The van der Waals surface area contributed by atoms with Gasteiger partial charge >= 0.3 is 11.9 Å². The lowest BCUT2D eigenvalue weighted by molar-refractivity contribution is -0.161. The quantitative estimate of drug-likeness (QED) is 0.341. The molecule has 0 unspecified atom stereocenters. The van der Waals surface area contributed by atoms with Gasteiger partial charge in [0.25, 0.3) is 0 Å². The molecule has 5 rings (SSSR count). The number of esters is 2. The lowest BCUT2D eigenvalue weighted by Crippen LogP contribution is -2.44. The van der Waals surface area contributed by atoms with Crippen molar-refractivity contribution in [2.24, 2.45) is 11.8 Å². The Morgan fingerprint density at radius 1 is 1.46 bits per heavy atom. The van der Waals surface area contributed by atoms with Crippen LogP contribution >= 0.6 is 0 Å². The van der Waals surface area contributed by atoms with Gasteiger partial charge in [-0.3, -0.25) is 4.79 Å². The summed E-state index contributed by atoms with van der Waals surface area (Å²) in [7, 11) is 0. The Hall–Kier alpha value is -1.70. The predicted octanol–water partition coefficient (Wildman–Crippen LogP) is 1.25. The molecule has 142 valence electrons. The molecule has 0 aromatic rings. The van der Waals surface area contributed by atoms with E-state index in [0.717, 1.165) is 12.0 Å². The van der Waals surface area contributed by atoms with Crippen molar-refractivity contribution in [1.82, 2.24) is 0 Å². The lowest BCUT2D eigenvalue weighted by Gasteiger charge is -2.32. The third kappa shape index (κ3) is 2.78. The van der Waals surface area contributed by atoms with Crippen LogP contribution in [0.5, 0.6) is 0 Å². The monoisotopic (exact) mass is 364 g/mol. The summed E-state index contributed by atoms with van der Waals surface area (Å²) < 4.78 is 22.6. The highest BCUT2D eigenvalue weighted by atomic mass is 16.7. The summed E-state index contributed by atoms with van der Waals surface area (Å²) >= 11 is 0. The topological polar surface area (TPSA) is 94.6 Å². The molecule has 0 aromatic carbocycles. The Balaban J connectivity index is 1.74. The number of carbonyl (C=O) groups excluding carboxylic acids is 2. The number of aliphatic hydroxyl groups excluding tert-OH is 1. The zero-order chi connectivity index (χ0) is 18.6. The number of hydrogen-bond acceptors (Lipinski definition) is 7. The van der Waals surface area contributed by atoms with Crippen molar-refractivity contribution in [2.75, 3.05) is 6.61 Å². The standard InChI is InChI=1S/C19H24O7/c1-9(2)16(20)24-12-6-11-4-5-14-19(26-14,18(22)23-8-11)7-13-15(12)10(3)17(21)25-13/h6,9,12-15,18,22H,3-5,7-8H2,1-2H3/b11-6-/t12-,13-,14+,15-,18-,19-/m0/s1. The molecular weight excluding hydrogens is 340 g/mol. The first-order valence-corrected chi connectivity index (χ1v) is 9.09. The molecule has 0 amide bonds. The Morgan fingerprint density at radius 2 is 2.23 bits per heavy atom. The van der Waals surface area contributed by atoms with Crippen LogP contribution in [0.3, 0.4) is 0 Å². The van der Waals surface area contributed by atoms with Gasteiger partial charge in [-0.25, -0.2) is 4.79 Å². The largest absolute Gasteiger partial charge is 0.458 e. The number of hydrogen-bond donors (Lipinski definition) is 1. The lowest BCUT2D eigenvalue weighted by atomic mass is 9.81. The van der Waals surface area contributed by atoms with Gasteiger partial charge in [0, 0.05) is 12.0 Å². The van der Waals surface area contributed by atoms with Crippen molar-refractivity contribution < 1.29 is 33.6 Å². The number of carbonyl (C=O) groups is 2. The third-order valence-corrected chi connectivity index (χ3v) is 5.74. The van der Waals surface area contributed by atoms with Crippen LogP contribution in [-0.2, 0) is 28.5 Å². The average molecular weight is 364 g/mol. The minimum Gasteiger partial charge on any atom is -0.458 e. The SMILES string of the molecule is C=C1C(=O)O[C@H]2C[C@]34O[C@@H]3CC/C(=C/[C@H](OC(=O)C(C)C)[C@H]12)CO[C@@H]4O. The van der Waals surface area contributed by atoms with Crippen LogP contribution in [0.15, 0.2) is 23.8 Å². The summed E-state index contributed by atoms with van der Waals surface area (Å²) in [6, 6.07) is 0. The van der Waals surface area contributed by atoms with Crippen LogP contribution in [0.1, 0.15) is 33.1 Å². The van der Waals surface area contributed by atoms with Crippen LogP contribution in [0.25, 0.3) is 0 Å². The Kier molecular flexibility index (Phi) is 4.21. The molecule has 5 aliphatic rings.